The lowest BCUT2D eigenvalue weighted by molar-refractivity contribution is 1.11. The molecule has 0 saturated carbocycles. The Hall–Kier alpha value is -2.74. The van der Waals surface area contributed by atoms with Gasteiger partial charge in [0.15, 0.2) is 0 Å². The fourth-order valence-electron chi connectivity index (χ4n) is 2.14. The van der Waals surface area contributed by atoms with Gasteiger partial charge in [0.2, 0.25) is 0 Å². The van der Waals surface area contributed by atoms with E-state index in [-0.39, 0.29) is 11.8 Å². The summed E-state index contributed by atoms with van der Waals surface area (Å²) < 4.78 is 0. The number of nitrogens with zero attached hydrogens (tertiary/aromatic N) is 2. The normalized spacial score (nSPS) is 14.0. The summed E-state index contributed by atoms with van der Waals surface area (Å²) in [5.74, 6) is 0.134. The van der Waals surface area contributed by atoms with Crippen LogP contribution >= 0.6 is 0 Å². The molecule has 2 aromatic rings. The third kappa shape index (κ3) is 4.38. The Bertz CT molecular complexity index is 582. The second-order valence-electron chi connectivity index (χ2n) is 4.87. The minimum atomic E-state index is 0.0669. The number of hydrogen-bond acceptors (Lipinski definition) is 2. The van der Waals surface area contributed by atoms with Gasteiger partial charge in [-0.1, -0.05) is 72.8 Å². The molecule has 0 aliphatic heterocycles. The van der Waals surface area contributed by atoms with Crippen molar-refractivity contribution in [1.82, 2.24) is 0 Å². The first-order chi connectivity index (χ1) is 10.8. The van der Waals surface area contributed by atoms with Crippen molar-refractivity contribution in [3.05, 3.63) is 97.1 Å². The maximum atomic E-state index is 4.16. The van der Waals surface area contributed by atoms with Gasteiger partial charge in [0.25, 0.3) is 0 Å². The molecule has 0 aliphatic carbocycles. The van der Waals surface area contributed by atoms with E-state index in [2.05, 4.69) is 47.6 Å². The highest BCUT2D eigenvalue weighted by atomic mass is 15.2. The zero-order valence-corrected chi connectivity index (χ0v) is 12.5. The first kappa shape index (κ1) is 15.6. The lowest BCUT2D eigenvalue weighted by Gasteiger charge is -2.06. The van der Waals surface area contributed by atoms with Crippen LogP contribution in [0.15, 0.2) is 96.2 Å². The zero-order chi connectivity index (χ0) is 15.6. The molecule has 0 N–H and O–H groups in total. The molecule has 110 valence electrons. The highest BCUT2D eigenvalue weighted by Crippen LogP contribution is 2.15. The molecule has 0 fully saturated rings. The van der Waals surface area contributed by atoms with Crippen LogP contribution in [-0.4, -0.2) is 12.4 Å². The van der Waals surface area contributed by atoms with Crippen LogP contribution in [0.2, 0.25) is 0 Å². The Balaban J connectivity index is 2.04. The van der Waals surface area contributed by atoms with Gasteiger partial charge in [0.05, 0.1) is 0 Å². The average molecular weight is 288 g/mol. The summed E-state index contributed by atoms with van der Waals surface area (Å²) in [4.78, 5) is 0. The van der Waals surface area contributed by atoms with Crippen LogP contribution in [0.5, 0.6) is 0 Å². The topological polar surface area (TPSA) is 24.7 Å². The fraction of sp³-hybridized carbons (Fsp3) is 0.100. The van der Waals surface area contributed by atoms with Gasteiger partial charge in [-0.2, -0.15) is 10.2 Å². The van der Waals surface area contributed by atoms with E-state index in [0.29, 0.717) is 0 Å². The maximum absolute atomic E-state index is 4.16. The second-order valence-corrected chi connectivity index (χ2v) is 4.87. The molecule has 0 radical (unpaired) electrons. The molecule has 2 aromatic carbocycles. The van der Waals surface area contributed by atoms with E-state index in [9.17, 15) is 0 Å². The summed E-state index contributed by atoms with van der Waals surface area (Å²) in [6.45, 7) is 7.71. The fourth-order valence-corrected chi connectivity index (χ4v) is 2.14. The van der Waals surface area contributed by atoms with Crippen molar-refractivity contribution in [2.24, 2.45) is 10.2 Å². The Morgan fingerprint density at radius 2 is 1.00 bits per heavy atom. The summed E-state index contributed by atoms with van der Waals surface area (Å²) in [6.07, 6.45) is 7.31. The molecule has 0 heterocycles. The highest BCUT2D eigenvalue weighted by Gasteiger charge is 2.04. The van der Waals surface area contributed by atoms with Crippen LogP contribution in [-0.2, 0) is 0 Å². The quantitative estimate of drug-likeness (QED) is 0.390. The smallest absolute Gasteiger partial charge is 0.0389 e. The van der Waals surface area contributed by atoms with Gasteiger partial charge in [0, 0.05) is 24.3 Å². The molecular weight excluding hydrogens is 268 g/mol. The van der Waals surface area contributed by atoms with Crippen molar-refractivity contribution in [1.29, 1.82) is 0 Å². The molecule has 0 aromatic heterocycles. The number of hydrogen-bond donors (Lipinski definition) is 0. The molecular formula is C20H20N2. The summed E-state index contributed by atoms with van der Waals surface area (Å²) in [7, 11) is 0. The molecule has 0 spiro atoms. The second kappa shape index (κ2) is 8.53. The van der Waals surface area contributed by atoms with E-state index >= 15 is 0 Å². The minimum absolute atomic E-state index is 0.0669. The largest absolute Gasteiger partial charge is 0.163 e. The Morgan fingerprint density at radius 1 is 0.636 bits per heavy atom. The van der Waals surface area contributed by atoms with Gasteiger partial charge in [-0.15, -0.1) is 13.2 Å². The van der Waals surface area contributed by atoms with Gasteiger partial charge >= 0.3 is 0 Å². The van der Waals surface area contributed by atoms with E-state index in [1.54, 1.807) is 12.4 Å². The molecule has 0 bridgehead atoms. The van der Waals surface area contributed by atoms with Crippen molar-refractivity contribution >= 4 is 12.4 Å². The first-order valence-electron chi connectivity index (χ1n) is 7.26. The number of rotatable bonds is 7. The van der Waals surface area contributed by atoms with Gasteiger partial charge in [-0.25, -0.2) is 0 Å². The molecule has 2 rings (SSSR count). The first-order valence-corrected chi connectivity index (χ1v) is 7.26. The predicted octanol–water partition coefficient (Wildman–Crippen LogP) is 4.98. The highest BCUT2D eigenvalue weighted by molar-refractivity contribution is 5.73. The Labute approximate surface area is 132 Å². The van der Waals surface area contributed by atoms with E-state index in [1.165, 1.54) is 0 Å². The number of allylic oxidation sites excluding steroid dienone is 2. The van der Waals surface area contributed by atoms with Crippen molar-refractivity contribution < 1.29 is 0 Å². The van der Waals surface area contributed by atoms with Crippen LogP contribution in [0.25, 0.3) is 0 Å². The van der Waals surface area contributed by atoms with Gasteiger partial charge < -0.3 is 0 Å². The van der Waals surface area contributed by atoms with Crippen LogP contribution in [0.1, 0.15) is 23.0 Å². The van der Waals surface area contributed by atoms with Crippen molar-refractivity contribution in [2.45, 2.75) is 11.8 Å². The van der Waals surface area contributed by atoms with Crippen LogP contribution in [0, 0.1) is 0 Å². The van der Waals surface area contributed by atoms with Gasteiger partial charge in [-0.05, 0) is 11.1 Å². The summed E-state index contributed by atoms with van der Waals surface area (Å²) in [5.41, 5.74) is 2.31. The lowest BCUT2D eigenvalue weighted by Crippen LogP contribution is -1.97. The Kier molecular flexibility index (Phi) is 6.06. The zero-order valence-electron chi connectivity index (χ0n) is 12.5. The standard InChI is InChI=1S/C20H20N2/c1-3-17(19-11-7-5-8-12-19)15-21-22-16-18(4-2)20-13-9-6-10-14-20/h3-18H,1-2H2/b21-15+,22-16+. The van der Waals surface area contributed by atoms with Crippen molar-refractivity contribution in [3.63, 3.8) is 0 Å². The van der Waals surface area contributed by atoms with Crippen LogP contribution in [0.4, 0.5) is 0 Å². The molecule has 2 heteroatoms. The molecule has 0 saturated heterocycles. The van der Waals surface area contributed by atoms with E-state index < -0.39 is 0 Å². The van der Waals surface area contributed by atoms with Crippen molar-refractivity contribution in [3.8, 4) is 0 Å². The molecule has 22 heavy (non-hydrogen) atoms. The summed E-state index contributed by atoms with van der Waals surface area (Å²) in [6, 6.07) is 20.2. The molecule has 2 nitrogen and oxygen atoms in total. The number of benzene rings is 2. The van der Waals surface area contributed by atoms with E-state index in [4.69, 9.17) is 0 Å². The summed E-state index contributed by atoms with van der Waals surface area (Å²) >= 11 is 0. The Morgan fingerprint density at radius 3 is 1.32 bits per heavy atom. The third-order valence-electron chi connectivity index (χ3n) is 3.40. The predicted molar refractivity (Wildman–Crippen MR) is 95.7 cm³/mol. The van der Waals surface area contributed by atoms with Gasteiger partial charge in [-0.3, -0.25) is 0 Å². The monoisotopic (exact) mass is 288 g/mol. The average Bonchev–Trinajstić information content (AvgIpc) is 2.60. The van der Waals surface area contributed by atoms with Crippen LogP contribution in [0.3, 0.4) is 0 Å². The van der Waals surface area contributed by atoms with E-state index in [1.807, 2.05) is 48.6 Å². The van der Waals surface area contributed by atoms with E-state index in [0.717, 1.165) is 11.1 Å². The van der Waals surface area contributed by atoms with Gasteiger partial charge in [0.1, 0.15) is 0 Å². The summed E-state index contributed by atoms with van der Waals surface area (Å²) in [5, 5.41) is 8.32. The minimum Gasteiger partial charge on any atom is -0.163 e. The lowest BCUT2D eigenvalue weighted by atomic mass is 10.0. The SMILES string of the molecule is C=CC(/C=N/N=C/C(C=C)c1ccccc1)c1ccccc1. The van der Waals surface area contributed by atoms with Crippen molar-refractivity contribution in [2.75, 3.05) is 0 Å². The molecule has 0 amide bonds. The molecule has 2 unspecified atom stereocenters. The molecule has 0 aliphatic rings. The maximum Gasteiger partial charge on any atom is 0.0389 e. The third-order valence-corrected chi connectivity index (χ3v) is 3.40. The van der Waals surface area contributed by atoms with Crippen LogP contribution < -0.4 is 0 Å². The molecule has 2 atom stereocenters.